The van der Waals surface area contributed by atoms with Gasteiger partial charge in [0.1, 0.15) is 11.9 Å². The molecule has 0 aromatic heterocycles. The van der Waals surface area contributed by atoms with Gasteiger partial charge in [-0.1, -0.05) is 0 Å². The van der Waals surface area contributed by atoms with Gasteiger partial charge in [0.05, 0.1) is 11.1 Å². The van der Waals surface area contributed by atoms with Crippen LogP contribution < -0.4 is 5.32 Å². The molecule has 2 aliphatic heterocycles. The molecular weight excluding hydrogens is 267 g/mol. The van der Waals surface area contributed by atoms with Crippen molar-refractivity contribution in [1.29, 1.82) is 0 Å². The van der Waals surface area contributed by atoms with Gasteiger partial charge in [-0.25, -0.2) is 4.39 Å². The predicted octanol–water partition coefficient (Wildman–Crippen LogP) is 0.227. The Hall–Kier alpha value is -2.57. The van der Waals surface area contributed by atoms with Crippen LogP contribution in [0, 0.1) is 5.82 Å². The number of halogens is 1. The minimum Gasteiger partial charge on any atom is -0.295 e. The van der Waals surface area contributed by atoms with Crippen molar-refractivity contribution in [2.24, 2.45) is 0 Å². The van der Waals surface area contributed by atoms with Gasteiger partial charge in [-0.2, -0.15) is 0 Å². The third-order valence-electron chi connectivity index (χ3n) is 3.40. The third-order valence-corrected chi connectivity index (χ3v) is 3.40. The maximum Gasteiger partial charge on any atom is 0.262 e. The molecule has 0 spiro atoms. The summed E-state index contributed by atoms with van der Waals surface area (Å²) in [7, 11) is 0. The molecule has 1 aromatic carbocycles. The summed E-state index contributed by atoms with van der Waals surface area (Å²) in [5, 5.41) is 2.09. The molecule has 0 bridgehead atoms. The largest absolute Gasteiger partial charge is 0.295 e. The Labute approximate surface area is 112 Å². The zero-order valence-electron chi connectivity index (χ0n) is 10.2. The number of hydrogen-bond donors (Lipinski definition) is 1. The standard InChI is InChI=1S/C13H9FN2O4/c14-6-1-2-7-8(5-6)13(20)16(12(7)19)9-3-4-10(17)15-11(9)18/h1-2,5,9H,3-4H2,(H,15,17,18)/t9-/m1/s1. The van der Waals surface area contributed by atoms with Crippen molar-refractivity contribution in [2.75, 3.05) is 0 Å². The molecule has 2 aliphatic rings. The van der Waals surface area contributed by atoms with Gasteiger partial charge in [-0.3, -0.25) is 29.4 Å². The third kappa shape index (κ3) is 1.70. The zero-order valence-corrected chi connectivity index (χ0v) is 10.2. The van der Waals surface area contributed by atoms with Crippen molar-refractivity contribution < 1.29 is 23.6 Å². The Bertz CT molecular complexity index is 670. The number of imide groups is 2. The molecule has 1 saturated heterocycles. The van der Waals surface area contributed by atoms with Crippen LogP contribution in [0.4, 0.5) is 4.39 Å². The van der Waals surface area contributed by atoms with Gasteiger partial charge in [-0.15, -0.1) is 0 Å². The molecule has 0 unspecified atom stereocenters. The number of nitrogens with one attached hydrogen (secondary N) is 1. The lowest BCUT2D eigenvalue weighted by Gasteiger charge is -2.27. The second kappa shape index (κ2) is 4.22. The summed E-state index contributed by atoms with van der Waals surface area (Å²) in [5.41, 5.74) is 0.0146. The summed E-state index contributed by atoms with van der Waals surface area (Å²) in [4.78, 5) is 48.0. The van der Waals surface area contributed by atoms with Crippen LogP contribution in [-0.2, 0) is 9.59 Å². The van der Waals surface area contributed by atoms with E-state index in [1.807, 2.05) is 0 Å². The summed E-state index contributed by atoms with van der Waals surface area (Å²) >= 11 is 0. The second-order valence-electron chi connectivity index (χ2n) is 4.64. The minimum atomic E-state index is -1.02. The number of piperidine rings is 1. The van der Waals surface area contributed by atoms with E-state index in [1.165, 1.54) is 6.07 Å². The van der Waals surface area contributed by atoms with Crippen molar-refractivity contribution in [3.05, 3.63) is 35.1 Å². The first-order valence-electron chi connectivity index (χ1n) is 6.00. The molecular formula is C13H9FN2O4. The van der Waals surface area contributed by atoms with E-state index in [4.69, 9.17) is 0 Å². The highest BCUT2D eigenvalue weighted by atomic mass is 19.1. The Morgan fingerprint density at radius 1 is 1.10 bits per heavy atom. The fourth-order valence-corrected chi connectivity index (χ4v) is 2.44. The van der Waals surface area contributed by atoms with Crippen molar-refractivity contribution >= 4 is 23.6 Å². The lowest BCUT2D eigenvalue weighted by Crippen LogP contribution is -2.54. The van der Waals surface area contributed by atoms with E-state index in [-0.39, 0.29) is 24.0 Å². The Morgan fingerprint density at radius 2 is 1.80 bits per heavy atom. The van der Waals surface area contributed by atoms with Crippen LogP contribution in [-0.4, -0.2) is 34.6 Å². The molecule has 0 saturated carbocycles. The molecule has 7 heteroatoms. The van der Waals surface area contributed by atoms with Crippen LogP contribution in [0.5, 0.6) is 0 Å². The van der Waals surface area contributed by atoms with Crippen LogP contribution in [0.25, 0.3) is 0 Å². The monoisotopic (exact) mass is 276 g/mol. The first-order valence-corrected chi connectivity index (χ1v) is 6.00. The number of benzene rings is 1. The Morgan fingerprint density at radius 3 is 2.50 bits per heavy atom. The summed E-state index contributed by atoms with van der Waals surface area (Å²) in [6, 6.07) is 2.25. The molecule has 102 valence electrons. The number of rotatable bonds is 1. The van der Waals surface area contributed by atoms with Gasteiger partial charge in [0.15, 0.2) is 0 Å². The number of carbonyl (C=O) groups is 4. The summed E-state index contributed by atoms with van der Waals surface area (Å²) in [5.74, 6) is -3.10. The van der Waals surface area contributed by atoms with Crippen LogP contribution in [0.1, 0.15) is 33.6 Å². The summed E-state index contributed by atoms with van der Waals surface area (Å²) in [6.45, 7) is 0. The topological polar surface area (TPSA) is 83.6 Å². The first-order chi connectivity index (χ1) is 9.49. The molecule has 0 aliphatic carbocycles. The van der Waals surface area contributed by atoms with Gasteiger partial charge in [-0.05, 0) is 24.6 Å². The van der Waals surface area contributed by atoms with Crippen molar-refractivity contribution in [1.82, 2.24) is 10.2 Å². The van der Waals surface area contributed by atoms with Crippen LogP contribution in [0.15, 0.2) is 18.2 Å². The lowest BCUT2D eigenvalue weighted by atomic mass is 10.0. The summed E-state index contributed by atoms with van der Waals surface area (Å²) in [6.07, 6.45) is 0.136. The fourth-order valence-electron chi connectivity index (χ4n) is 2.44. The maximum atomic E-state index is 13.2. The quantitative estimate of drug-likeness (QED) is 0.744. The minimum absolute atomic E-state index is 0.0537. The van der Waals surface area contributed by atoms with Crippen molar-refractivity contribution in [2.45, 2.75) is 18.9 Å². The number of nitrogens with zero attached hydrogens (tertiary/aromatic N) is 1. The van der Waals surface area contributed by atoms with Crippen LogP contribution in [0.3, 0.4) is 0 Å². The Kier molecular flexibility index (Phi) is 2.63. The van der Waals surface area contributed by atoms with Gasteiger partial charge >= 0.3 is 0 Å². The second-order valence-corrected chi connectivity index (χ2v) is 4.64. The van der Waals surface area contributed by atoms with E-state index in [9.17, 15) is 23.6 Å². The zero-order chi connectivity index (χ0) is 14.4. The summed E-state index contributed by atoms with van der Waals surface area (Å²) < 4.78 is 13.2. The number of amides is 4. The highest BCUT2D eigenvalue weighted by molar-refractivity contribution is 6.23. The van der Waals surface area contributed by atoms with Crippen LogP contribution in [0.2, 0.25) is 0 Å². The average Bonchev–Trinajstić information content (AvgIpc) is 2.63. The van der Waals surface area contributed by atoms with E-state index >= 15 is 0 Å². The normalized spacial score (nSPS) is 22.1. The number of hydrogen-bond acceptors (Lipinski definition) is 4. The van der Waals surface area contributed by atoms with E-state index in [0.717, 1.165) is 17.0 Å². The Balaban J connectivity index is 1.97. The highest BCUT2D eigenvalue weighted by Gasteiger charge is 2.44. The predicted molar refractivity (Wildman–Crippen MR) is 63.1 cm³/mol. The molecule has 1 N–H and O–H groups in total. The smallest absolute Gasteiger partial charge is 0.262 e. The van der Waals surface area contributed by atoms with Gasteiger partial charge in [0, 0.05) is 6.42 Å². The van der Waals surface area contributed by atoms with Crippen LogP contribution >= 0.6 is 0 Å². The van der Waals surface area contributed by atoms with Crippen molar-refractivity contribution in [3.8, 4) is 0 Å². The molecule has 0 radical (unpaired) electrons. The number of fused-ring (bicyclic) bond motifs is 1. The van der Waals surface area contributed by atoms with E-state index in [2.05, 4.69) is 5.32 Å². The van der Waals surface area contributed by atoms with Gasteiger partial charge in [0.2, 0.25) is 11.8 Å². The van der Waals surface area contributed by atoms with Gasteiger partial charge < -0.3 is 0 Å². The van der Waals surface area contributed by atoms with E-state index in [0.29, 0.717) is 0 Å². The molecule has 1 fully saturated rings. The highest BCUT2D eigenvalue weighted by Crippen LogP contribution is 2.27. The number of carbonyl (C=O) groups excluding carboxylic acids is 4. The molecule has 3 rings (SSSR count). The molecule has 1 aromatic rings. The molecule has 4 amide bonds. The lowest BCUT2D eigenvalue weighted by molar-refractivity contribution is -0.136. The van der Waals surface area contributed by atoms with Crippen molar-refractivity contribution in [3.63, 3.8) is 0 Å². The van der Waals surface area contributed by atoms with E-state index < -0.39 is 35.5 Å². The SMILES string of the molecule is O=C1CC[C@@H](N2C(=O)c3ccc(F)cc3C2=O)C(=O)N1. The molecule has 6 nitrogen and oxygen atoms in total. The fraction of sp³-hybridized carbons (Fsp3) is 0.231. The average molecular weight is 276 g/mol. The van der Waals surface area contributed by atoms with E-state index in [1.54, 1.807) is 0 Å². The first kappa shape index (κ1) is 12.5. The molecule has 1 atom stereocenters. The van der Waals surface area contributed by atoms with Gasteiger partial charge in [0.25, 0.3) is 11.8 Å². The molecule has 2 heterocycles. The molecule has 20 heavy (non-hydrogen) atoms. The maximum absolute atomic E-state index is 13.2.